The summed E-state index contributed by atoms with van der Waals surface area (Å²) in [5, 5.41) is 17.0. The van der Waals surface area contributed by atoms with E-state index in [0.717, 1.165) is 11.3 Å². The minimum absolute atomic E-state index is 0.432. The molecule has 1 aromatic heterocycles. The predicted octanol–water partition coefficient (Wildman–Crippen LogP) is 1.47. The molecule has 1 aromatic carbocycles. The van der Waals surface area contributed by atoms with Crippen molar-refractivity contribution >= 4 is 17.5 Å². The van der Waals surface area contributed by atoms with Crippen LogP contribution in [0.15, 0.2) is 18.2 Å². The van der Waals surface area contributed by atoms with E-state index in [1.807, 2.05) is 12.1 Å². The van der Waals surface area contributed by atoms with Crippen LogP contribution in [0.4, 0.5) is 5.95 Å². The normalized spacial score (nSPS) is 10.1. The van der Waals surface area contributed by atoms with Gasteiger partial charge in [-0.05, 0) is 23.4 Å². The lowest BCUT2D eigenvalue weighted by atomic mass is 10.2. The van der Waals surface area contributed by atoms with Gasteiger partial charge in [0.2, 0.25) is 0 Å². The lowest BCUT2D eigenvalue weighted by Crippen LogP contribution is -2.03. The van der Waals surface area contributed by atoms with E-state index < -0.39 is 0 Å². The molecule has 0 spiro atoms. The third-order valence-electron chi connectivity index (χ3n) is 2.02. The van der Waals surface area contributed by atoms with Gasteiger partial charge in [-0.2, -0.15) is 5.21 Å². The van der Waals surface area contributed by atoms with Crippen molar-refractivity contribution in [2.45, 2.75) is 6.54 Å². The highest BCUT2D eigenvalue weighted by atomic mass is 35.5. The van der Waals surface area contributed by atoms with Crippen molar-refractivity contribution in [3.05, 3.63) is 28.8 Å². The quantitative estimate of drug-likeness (QED) is 0.845. The van der Waals surface area contributed by atoms with Crippen molar-refractivity contribution < 1.29 is 4.74 Å². The number of benzene rings is 1. The Morgan fingerprint density at radius 2 is 2.38 bits per heavy atom. The van der Waals surface area contributed by atoms with E-state index in [4.69, 9.17) is 16.3 Å². The van der Waals surface area contributed by atoms with Crippen LogP contribution in [-0.2, 0) is 6.54 Å². The average molecular weight is 240 g/mol. The fraction of sp³-hybridized carbons (Fsp3) is 0.222. The first-order chi connectivity index (χ1) is 7.79. The molecule has 7 heteroatoms. The summed E-state index contributed by atoms with van der Waals surface area (Å²) in [7, 11) is 1.61. The number of aromatic nitrogens is 4. The number of nitrogens with zero attached hydrogens (tertiary/aromatic N) is 3. The summed E-state index contributed by atoms with van der Waals surface area (Å²) in [4.78, 5) is 0. The third-order valence-corrected chi connectivity index (χ3v) is 2.26. The summed E-state index contributed by atoms with van der Waals surface area (Å²) >= 11 is 5.90. The molecule has 0 bridgehead atoms. The van der Waals surface area contributed by atoms with Crippen molar-refractivity contribution in [2.75, 3.05) is 12.4 Å². The topological polar surface area (TPSA) is 75.7 Å². The fourth-order valence-corrected chi connectivity index (χ4v) is 1.49. The summed E-state index contributed by atoms with van der Waals surface area (Å²) in [6.07, 6.45) is 0. The average Bonchev–Trinajstić information content (AvgIpc) is 2.79. The maximum Gasteiger partial charge on any atom is 0.263 e. The minimum Gasteiger partial charge on any atom is -0.496 e. The lowest BCUT2D eigenvalue weighted by Gasteiger charge is -2.08. The fourth-order valence-electron chi connectivity index (χ4n) is 1.30. The largest absolute Gasteiger partial charge is 0.496 e. The van der Waals surface area contributed by atoms with Crippen molar-refractivity contribution in [1.82, 2.24) is 20.6 Å². The molecule has 0 radical (unpaired) electrons. The Kier molecular flexibility index (Phi) is 3.21. The summed E-state index contributed by atoms with van der Waals surface area (Å²) in [5.74, 6) is 1.20. The molecule has 0 amide bonds. The number of ether oxygens (including phenoxy) is 1. The number of rotatable bonds is 4. The van der Waals surface area contributed by atoms with Crippen molar-refractivity contribution in [2.24, 2.45) is 0 Å². The maximum atomic E-state index is 5.90. The molecule has 0 aliphatic rings. The molecule has 16 heavy (non-hydrogen) atoms. The number of nitrogens with one attached hydrogen (secondary N) is 2. The molecule has 0 unspecified atom stereocenters. The van der Waals surface area contributed by atoms with Crippen molar-refractivity contribution in [3.8, 4) is 5.75 Å². The molecule has 0 saturated carbocycles. The highest BCUT2D eigenvalue weighted by Gasteiger charge is 2.04. The number of anilines is 1. The van der Waals surface area contributed by atoms with Crippen molar-refractivity contribution in [1.29, 1.82) is 0 Å². The van der Waals surface area contributed by atoms with Gasteiger partial charge in [0, 0.05) is 17.1 Å². The van der Waals surface area contributed by atoms with E-state index in [1.165, 1.54) is 0 Å². The van der Waals surface area contributed by atoms with Gasteiger partial charge in [-0.3, -0.25) is 0 Å². The first-order valence-electron chi connectivity index (χ1n) is 4.59. The zero-order valence-corrected chi connectivity index (χ0v) is 9.32. The number of hydrogen-bond donors (Lipinski definition) is 2. The van der Waals surface area contributed by atoms with Gasteiger partial charge in [-0.25, -0.2) is 0 Å². The van der Waals surface area contributed by atoms with Gasteiger partial charge in [0.05, 0.1) is 7.11 Å². The van der Waals surface area contributed by atoms with Gasteiger partial charge >= 0.3 is 0 Å². The van der Waals surface area contributed by atoms with Gasteiger partial charge < -0.3 is 10.1 Å². The molecular weight excluding hydrogens is 230 g/mol. The molecule has 0 atom stereocenters. The number of aromatic amines is 1. The highest BCUT2D eigenvalue weighted by Crippen LogP contribution is 2.22. The van der Waals surface area contributed by atoms with E-state index in [-0.39, 0.29) is 0 Å². The number of tetrazole rings is 1. The molecule has 0 saturated heterocycles. The Morgan fingerprint density at radius 3 is 3.06 bits per heavy atom. The van der Waals surface area contributed by atoms with Crippen LogP contribution < -0.4 is 10.1 Å². The van der Waals surface area contributed by atoms with Crippen LogP contribution in [-0.4, -0.2) is 27.7 Å². The monoisotopic (exact) mass is 239 g/mol. The van der Waals surface area contributed by atoms with Gasteiger partial charge in [-0.1, -0.05) is 16.7 Å². The maximum absolute atomic E-state index is 5.90. The molecule has 0 fully saturated rings. The Labute approximate surface area is 97.0 Å². The molecule has 0 aliphatic heterocycles. The molecule has 2 aromatic rings. The lowest BCUT2D eigenvalue weighted by molar-refractivity contribution is 0.410. The number of hydrogen-bond acceptors (Lipinski definition) is 5. The van der Waals surface area contributed by atoms with Gasteiger partial charge in [0.1, 0.15) is 5.75 Å². The van der Waals surface area contributed by atoms with Crippen LogP contribution in [0.3, 0.4) is 0 Å². The molecule has 6 nitrogen and oxygen atoms in total. The molecule has 84 valence electrons. The molecule has 2 N–H and O–H groups in total. The summed E-state index contributed by atoms with van der Waals surface area (Å²) in [6, 6.07) is 5.42. The van der Waals surface area contributed by atoms with Gasteiger partial charge in [-0.15, -0.1) is 5.10 Å². The predicted molar refractivity (Wildman–Crippen MR) is 59.5 cm³/mol. The zero-order valence-electron chi connectivity index (χ0n) is 8.57. The minimum atomic E-state index is 0.432. The van der Waals surface area contributed by atoms with E-state index >= 15 is 0 Å². The Hall–Kier alpha value is -1.82. The smallest absolute Gasteiger partial charge is 0.263 e. The summed E-state index contributed by atoms with van der Waals surface area (Å²) in [5.41, 5.74) is 0.930. The molecule has 2 rings (SSSR count). The number of H-pyrrole nitrogens is 1. The van der Waals surface area contributed by atoms with Crippen molar-refractivity contribution in [3.63, 3.8) is 0 Å². The molecule has 0 aliphatic carbocycles. The van der Waals surface area contributed by atoms with E-state index in [0.29, 0.717) is 17.5 Å². The van der Waals surface area contributed by atoms with E-state index in [1.54, 1.807) is 13.2 Å². The van der Waals surface area contributed by atoms with Gasteiger partial charge in [0.25, 0.3) is 5.95 Å². The second-order valence-electron chi connectivity index (χ2n) is 3.05. The Morgan fingerprint density at radius 1 is 1.50 bits per heavy atom. The summed E-state index contributed by atoms with van der Waals surface area (Å²) < 4.78 is 5.21. The van der Waals surface area contributed by atoms with Crippen LogP contribution in [0.1, 0.15) is 5.56 Å². The first kappa shape index (κ1) is 10.7. The third kappa shape index (κ3) is 2.40. The second-order valence-corrected chi connectivity index (χ2v) is 3.48. The standard InChI is InChI=1S/C9H10ClN5O/c1-16-8-3-2-7(10)4-6(8)5-11-9-12-14-15-13-9/h2-4H,5H2,1H3,(H2,11,12,13,14,15). The van der Waals surface area contributed by atoms with Crippen LogP contribution in [0, 0.1) is 0 Å². The SMILES string of the molecule is COc1ccc(Cl)cc1CNc1nn[nH]n1. The first-order valence-corrected chi connectivity index (χ1v) is 4.97. The van der Waals surface area contributed by atoms with Crippen LogP contribution in [0.25, 0.3) is 0 Å². The highest BCUT2D eigenvalue weighted by molar-refractivity contribution is 6.30. The number of methoxy groups -OCH3 is 1. The molecule has 1 heterocycles. The van der Waals surface area contributed by atoms with Crippen LogP contribution in [0.5, 0.6) is 5.75 Å². The van der Waals surface area contributed by atoms with Gasteiger partial charge in [0.15, 0.2) is 0 Å². The second kappa shape index (κ2) is 4.80. The Balaban J connectivity index is 2.11. The zero-order chi connectivity index (χ0) is 11.4. The van der Waals surface area contributed by atoms with Crippen LogP contribution in [0.2, 0.25) is 5.02 Å². The number of halogens is 1. The Bertz CT molecular complexity index is 459. The van der Waals surface area contributed by atoms with E-state index in [9.17, 15) is 0 Å². The molecular formula is C9H10ClN5O. The van der Waals surface area contributed by atoms with E-state index in [2.05, 4.69) is 25.9 Å². The van der Waals surface area contributed by atoms with Crippen LogP contribution >= 0.6 is 11.6 Å². The summed E-state index contributed by atoms with van der Waals surface area (Å²) in [6.45, 7) is 0.517.